The number of nitrogens with zero attached hydrogens (tertiary/aromatic N) is 3. The number of benzene rings is 5. The first-order valence-corrected chi connectivity index (χ1v) is 18.8. The first-order valence-electron chi connectivity index (χ1n) is 18.8. The van der Waals surface area contributed by atoms with Crippen molar-refractivity contribution in [3.63, 3.8) is 0 Å². The van der Waals surface area contributed by atoms with Crippen molar-refractivity contribution in [2.45, 2.75) is 17.4 Å². The molecule has 5 aromatic carbocycles. The van der Waals surface area contributed by atoms with Crippen molar-refractivity contribution in [2.24, 2.45) is 11.8 Å². The highest BCUT2D eigenvalue weighted by atomic mass is 16.5. The molecule has 0 fully saturated rings. The first kappa shape index (κ1) is 30.9. The van der Waals surface area contributed by atoms with E-state index in [1.165, 1.54) is 16.7 Å². The Kier molecular flexibility index (Phi) is 6.99. The van der Waals surface area contributed by atoms with Crippen molar-refractivity contribution < 1.29 is 4.74 Å². The van der Waals surface area contributed by atoms with Gasteiger partial charge in [-0.1, -0.05) is 158 Å². The number of allylic oxidation sites excluding steroid dienone is 6. The second-order valence-electron chi connectivity index (χ2n) is 14.6. The van der Waals surface area contributed by atoms with Crippen LogP contribution >= 0.6 is 0 Å². The Bertz CT molecular complexity index is 2720. The zero-order chi connectivity index (χ0) is 35.6. The molecule has 3 aliphatic carbocycles. The number of rotatable bonds is 4. The standard InChI is InChI=1S/C50H35N3O/c1-2-12-35(13-3-1)49-52-44(33-25-23-32(24-26-33)37-18-10-14-34-15-11-29-51-48(34)37)31-45(53-49)36-27-28-47-43(30-36)50(42-21-8-9-22-46(42)54-47)40-19-6-4-16-38(40)39-17-5-7-20-41(39)50/h1-31,38,40,43,47H. The third-order valence-electron chi connectivity index (χ3n) is 11.9. The van der Waals surface area contributed by atoms with Crippen LogP contribution in [0.1, 0.15) is 28.3 Å². The molecule has 5 atom stereocenters. The predicted octanol–water partition coefficient (Wildman–Crippen LogP) is 11.2. The SMILES string of the molecule is C1=CC2c3ccccc3C3(c4ccccc4OC4C=CC(c5cc(-c6ccc(-c7cccc8cccnc78)cc6)nc(-c6ccccc6)n5)=CC43)C2C=C1. The summed E-state index contributed by atoms with van der Waals surface area (Å²) in [5.41, 5.74) is 11.8. The average molecular weight is 694 g/mol. The van der Waals surface area contributed by atoms with Gasteiger partial charge >= 0.3 is 0 Å². The Balaban J connectivity index is 1.06. The van der Waals surface area contributed by atoms with Gasteiger partial charge in [0.25, 0.3) is 0 Å². The molecule has 0 amide bonds. The monoisotopic (exact) mass is 693 g/mol. The maximum absolute atomic E-state index is 6.85. The number of fused-ring (bicyclic) bond motifs is 10. The number of hydrogen-bond acceptors (Lipinski definition) is 4. The van der Waals surface area contributed by atoms with Gasteiger partial charge in [-0.25, -0.2) is 9.97 Å². The summed E-state index contributed by atoms with van der Waals surface area (Å²) in [6.07, 6.45) is 17.9. The summed E-state index contributed by atoms with van der Waals surface area (Å²) in [4.78, 5) is 15.1. The summed E-state index contributed by atoms with van der Waals surface area (Å²) in [6, 6.07) is 49.3. The quantitative estimate of drug-likeness (QED) is 0.184. The minimum absolute atomic E-state index is 0.0341. The van der Waals surface area contributed by atoms with E-state index in [-0.39, 0.29) is 23.4 Å². The summed E-state index contributed by atoms with van der Waals surface area (Å²) < 4.78 is 6.85. The molecule has 0 radical (unpaired) electrons. The number of aromatic nitrogens is 3. The summed E-state index contributed by atoms with van der Waals surface area (Å²) in [5, 5.41) is 1.13. The van der Waals surface area contributed by atoms with E-state index in [0.717, 1.165) is 55.9 Å². The minimum atomic E-state index is -0.317. The second kappa shape index (κ2) is 12.2. The first-order chi connectivity index (χ1) is 26.8. The molecule has 4 heteroatoms. The normalized spacial score (nSPS) is 22.9. The third kappa shape index (κ3) is 4.66. The van der Waals surface area contributed by atoms with Gasteiger partial charge < -0.3 is 4.74 Å². The molecular weight excluding hydrogens is 659 g/mol. The lowest BCUT2D eigenvalue weighted by Crippen LogP contribution is -2.50. The van der Waals surface area contributed by atoms with Gasteiger partial charge in [0.15, 0.2) is 5.82 Å². The van der Waals surface area contributed by atoms with E-state index in [1.54, 1.807) is 0 Å². The van der Waals surface area contributed by atoms with Gasteiger partial charge in [0, 0.05) is 57.0 Å². The highest BCUT2D eigenvalue weighted by Crippen LogP contribution is 2.64. The Morgan fingerprint density at radius 2 is 1.33 bits per heavy atom. The maximum Gasteiger partial charge on any atom is 0.160 e. The van der Waals surface area contributed by atoms with Crippen LogP contribution in [0, 0.1) is 11.8 Å². The van der Waals surface area contributed by atoms with Gasteiger partial charge in [0.05, 0.1) is 16.9 Å². The van der Waals surface area contributed by atoms with E-state index in [4.69, 9.17) is 19.7 Å². The zero-order valence-electron chi connectivity index (χ0n) is 29.5. The fourth-order valence-electron chi connectivity index (χ4n) is 9.60. The lowest BCUT2D eigenvalue weighted by molar-refractivity contribution is 0.107. The van der Waals surface area contributed by atoms with Crippen molar-refractivity contribution in [1.82, 2.24) is 15.0 Å². The van der Waals surface area contributed by atoms with E-state index in [1.807, 2.05) is 30.5 Å². The average Bonchev–Trinajstić information content (AvgIpc) is 3.54. The Morgan fingerprint density at radius 1 is 0.574 bits per heavy atom. The molecule has 1 spiro atoms. The summed E-state index contributed by atoms with van der Waals surface area (Å²) in [7, 11) is 0. The van der Waals surface area contributed by atoms with E-state index in [2.05, 4.69) is 158 Å². The van der Waals surface area contributed by atoms with Crippen LogP contribution in [0.25, 0.3) is 50.2 Å². The smallest absolute Gasteiger partial charge is 0.160 e. The highest BCUT2D eigenvalue weighted by molar-refractivity contribution is 5.93. The number of pyridine rings is 1. The van der Waals surface area contributed by atoms with Crippen molar-refractivity contribution >= 4 is 16.5 Å². The number of para-hydroxylation sites is 2. The van der Waals surface area contributed by atoms with Crippen LogP contribution < -0.4 is 4.74 Å². The molecule has 0 N–H and O–H groups in total. The largest absolute Gasteiger partial charge is 0.485 e. The molecular formula is C50H35N3O. The van der Waals surface area contributed by atoms with Crippen LogP contribution in [-0.2, 0) is 5.41 Å². The van der Waals surface area contributed by atoms with E-state index in [9.17, 15) is 0 Å². The summed E-state index contributed by atoms with van der Waals surface area (Å²) in [5.74, 6) is 2.25. The van der Waals surface area contributed by atoms with Gasteiger partial charge in [-0.2, -0.15) is 0 Å². The zero-order valence-corrected chi connectivity index (χ0v) is 29.5. The highest BCUT2D eigenvalue weighted by Gasteiger charge is 2.60. The molecule has 7 aromatic rings. The fraction of sp³-hybridized carbons (Fsp3) is 0.100. The van der Waals surface area contributed by atoms with E-state index < -0.39 is 0 Å². The Labute approximate surface area is 314 Å². The van der Waals surface area contributed by atoms with Gasteiger partial charge in [0.1, 0.15) is 11.9 Å². The van der Waals surface area contributed by atoms with Crippen LogP contribution in [0.15, 0.2) is 188 Å². The molecule has 256 valence electrons. The van der Waals surface area contributed by atoms with Gasteiger partial charge in [-0.05, 0) is 46.5 Å². The van der Waals surface area contributed by atoms with Crippen LogP contribution in [-0.4, -0.2) is 21.1 Å². The van der Waals surface area contributed by atoms with Gasteiger partial charge in [-0.3, -0.25) is 4.98 Å². The van der Waals surface area contributed by atoms with Crippen LogP contribution in [0.5, 0.6) is 5.75 Å². The fourth-order valence-corrected chi connectivity index (χ4v) is 9.60. The molecule has 54 heavy (non-hydrogen) atoms. The molecule has 0 saturated carbocycles. The number of ether oxygens (including phenoxy) is 1. The summed E-state index contributed by atoms with van der Waals surface area (Å²) in [6.45, 7) is 0. The maximum atomic E-state index is 6.85. The minimum Gasteiger partial charge on any atom is -0.485 e. The molecule has 11 rings (SSSR count). The third-order valence-corrected chi connectivity index (χ3v) is 11.9. The van der Waals surface area contributed by atoms with Gasteiger partial charge in [-0.15, -0.1) is 0 Å². The molecule has 2 aromatic heterocycles. The molecule has 5 unspecified atom stereocenters. The molecule has 0 bridgehead atoms. The number of hydrogen-bond donors (Lipinski definition) is 0. The second-order valence-corrected chi connectivity index (χ2v) is 14.6. The lowest BCUT2D eigenvalue weighted by Gasteiger charge is -2.50. The van der Waals surface area contributed by atoms with Crippen molar-refractivity contribution in [3.05, 3.63) is 211 Å². The Hall–Kier alpha value is -6.65. The Morgan fingerprint density at radius 3 is 2.24 bits per heavy atom. The van der Waals surface area contributed by atoms with Crippen molar-refractivity contribution in [1.29, 1.82) is 0 Å². The molecule has 0 saturated heterocycles. The molecule has 3 heterocycles. The molecule has 4 nitrogen and oxygen atoms in total. The predicted molar refractivity (Wildman–Crippen MR) is 217 cm³/mol. The molecule has 1 aliphatic heterocycles. The van der Waals surface area contributed by atoms with Crippen molar-refractivity contribution in [3.8, 4) is 39.5 Å². The van der Waals surface area contributed by atoms with Crippen LogP contribution in [0.3, 0.4) is 0 Å². The van der Waals surface area contributed by atoms with Crippen molar-refractivity contribution in [2.75, 3.05) is 0 Å². The van der Waals surface area contributed by atoms with Crippen LogP contribution in [0.4, 0.5) is 0 Å². The van der Waals surface area contributed by atoms with Gasteiger partial charge in [0.2, 0.25) is 0 Å². The molecule has 4 aliphatic rings. The van der Waals surface area contributed by atoms with E-state index >= 15 is 0 Å². The van der Waals surface area contributed by atoms with E-state index in [0.29, 0.717) is 11.7 Å². The topological polar surface area (TPSA) is 47.9 Å². The van der Waals surface area contributed by atoms with Crippen LogP contribution in [0.2, 0.25) is 0 Å². The lowest BCUT2D eigenvalue weighted by atomic mass is 9.56. The summed E-state index contributed by atoms with van der Waals surface area (Å²) >= 11 is 0.